The Morgan fingerprint density at radius 3 is 2.80 bits per heavy atom. The molecule has 0 aromatic carbocycles. The molecule has 0 radical (unpaired) electrons. The molecule has 1 amide bonds. The summed E-state index contributed by atoms with van der Waals surface area (Å²) >= 11 is 0. The van der Waals surface area contributed by atoms with E-state index in [1.54, 1.807) is 12.3 Å². The predicted molar refractivity (Wildman–Crippen MR) is 76.4 cm³/mol. The predicted octanol–water partition coefficient (Wildman–Crippen LogP) is 1.88. The summed E-state index contributed by atoms with van der Waals surface area (Å²) in [5, 5.41) is 12.0. The number of carbonyl (C=O) groups is 1. The van der Waals surface area contributed by atoms with Crippen molar-refractivity contribution in [3.63, 3.8) is 0 Å². The van der Waals surface area contributed by atoms with Gasteiger partial charge in [0, 0.05) is 24.8 Å². The van der Waals surface area contributed by atoms with Crippen LogP contribution in [-0.4, -0.2) is 33.6 Å². The van der Waals surface area contributed by atoms with Crippen molar-refractivity contribution in [3.05, 3.63) is 23.8 Å². The Hall–Kier alpha value is -1.49. The summed E-state index contributed by atoms with van der Waals surface area (Å²) in [5.41, 5.74) is 0.416. The molecule has 1 saturated carbocycles. The molecule has 2 unspecified atom stereocenters. The summed E-state index contributed by atoms with van der Waals surface area (Å²) in [7, 11) is 0. The van der Waals surface area contributed by atoms with E-state index < -0.39 is 0 Å². The summed E-state index contributed by atoms with van der Waals surface area (Å²) < 4.78 is 0. The number of hydrogen-bond donors (Lipinski definition) is 2. The minimum absolute atomic E-state index is 0.0232. The summed E-state index contributed by atoms with van der Waals surface area (Å²) in [6, 6.07) is 1.56. The SMILES string of the molecule is CC(CO)C(C)NC(=O)c1ccnc(C2CCCC2)n1. The van der Waals surface area contributed by atoms with Crippen LogP contribution in [-0.2, 0) is 0 Å². The van der Waals surface area contributed by atoms with Gasteiger partial charge in [-0.1, -0.05) is 19.8 Å². The van der Waals surface area contributed by atoms with Gasteiger partial charge in [-0.2, -0.15) is 0 Å². The lowest BCUT2D eigenvalue weighted by Gasteiger charge is -2.19. The lowest BCUT2D eigenvalue weighted by Crippen LogP contribution is -2.38. The minimum Gasteiger partial charge on any atom is -0.396 e. The molecular weight excluding hydrogens is 254 g/mol. The highest BCUT2D eigenvalue weighted by atomic mass is 16.3. The topological polar surface area (TPSA) is 75.1 Å². The van der Waals surface area contributed by atoms with Gasteiger partial charge in [0.15, 0.2) is 0 Å². The van der Waals surface area contributed by atoms with Gasteiger partial charge < -0.3 is 10.4 Å². The second-order valence-electron chi connectivity index (χ2n) is 5.70. The average molecular weight is 277 g/mol. The van der Waals surface area contributed by atoms with E-state index in [-0.39, 0.29) is 24.5 Å². The smallest absolute Gasteiger partial charge is 0.270 e. The van der Waals surface area contributed by atoms with Crippen LogP contribution in [0.4, 0.5) is 0 Å². The van der Waals surface area contributed by atoms with Crippen molar-refractivity contribution in [1.82, 2.24) is 15.3 Å². The molecule has 1 aliphatic rings. The number of carbonyl (C=O) groups excluding carboxylic acids is 1. The number of amides is 1. The lowest BCUT2D eigenvalue weighted by molar-refractivity contribution is 0.0910. The largest absolute Gasteiger partial charge is 0.396 e. The highest BCUT2D eigenvalue weighted by molar-refractivity contribution is 5.92. The van der Waals surface area contributed by atoms with E-state index in [1.165, 1.54) is 12.8 Å². The summed E-state index contributed by atoms with van der Waals surface area (Å²) in [5.74, 6) is 1.02. The third-order valence-electron chi connectivity index (χ3n) is 4.13. The van der Waals surface area contributed by atoms with Crippen molar-refractivity contribution in [1.29, 1.82) is 0 Å². The maximum Gasteiger partial charge on any atom is 0.270 e. The first-order chi connectivity index (χ1) is 9.61. The molecule has 1 fully saturated rings. The second kappa shape index (κ2) is 6.79. The quantitative estimate of drug-likeness (QED) is 0.861. The van der Waals surface area contributed by atoms with Crippen molar-refractivity contribution in [2.75, 3.05) is 6.61 Å². The van der Waals surface area contributed by atoms with Crippen LogP contribution in [0.1, 0.15) is 61.8 Å². The Morgan fingerprint density at radius 2 is 2.15 bits per heavy atom. The van der Waals surface area contributed by atoms with Gasteiger partial charge >= 0.3 is 0 Å². The fraction of sp³-hybridized carbons (Fsp3) is 0.667. The fourth-order valence-corrected chi connectivity index (χ4v) is 2.46. The van der Waals surface area contributed by atoms with Gasteiger partial charge in [0.2, 0.25) is 0 Å². The first-order valence-electron chi connectivity index (χ1n) is 7.36. The number of aromatic nitrogens is 2. The molecule has 0 spiro atoms. The van der Waals surface area contributed by atoms with Gasteiger partial charge in [0.05, 0.1) is 0 Å². The molecule has 5 nitrogen and oxygen atoms in total. The van der Waals surface area contributed by atoms with Gasteiger partial charge in [0.1, 0.15) is 11.5 Å². The molecule has 5 heteroatoms. The zero-order valence-electron chi connectivity index (χ0n) is 12.2. The first-order valence-corrected chi connectivity index (χ1v) is 7.36. The van der Waals surface area contributed by atoms with Gasteiger partial charge in [-0.05, 0) is 31.7 Å². The molecule has 0 bridgehead atoms. The number of hydrogen-bond acceptors (Lipinski definition) is 4. The van der Waals surface area contributed by atoms with Crippen LogP contribution in [0.5, 0.6) is 0 Å². The summed E-state index contributed by atoms with van der Waals surface area (Å²) in [4.78, 5) is 20.9. The lowest BCUT2D eigenvalue weighted by atomic mass is 10.1. The third kappa shape index (κ3) is 3.54. The molecule has 2 N–H and O–H groups in total. The number of nitrogens with one attached hydrogen (secondary N) is 1. The second-order valence-corrected chi connectivity index (χ2v) is 5.70. The molecule has 1 aromatic heterocycles. The van der Waals surface area contributed by atoms with Crippen LogP contribution in [0.15, 0.2) is 12.3 Å². The van der Waals surface area contributed by atoms with Gasteiger partial charge in [-0.3, -0.25) is 4.79 Å². The average Bonchev–Trinajstić information content (AvgIpc) is 3.00. The Kier molecular flexibility index (Phi) is 5.06. The monoisotopic (exact) mass is 277 g/mol. The highest BCUT2D eigenvalue weighted by Gasteiger charge is 2.21. The summed E-state index contributed by atoms with van der Waals surface area (Å²) in [6.07, 6.45) is 6.33. The van der Waals surface area contributed by atoms with Crippen molar-refractivity contribution in [3.8, 4) is 0 Å². The first kappa shape index (κ1) is 14.9. The summed E-state index contributed by atoms with van der Waals surface area (Å²) in [6.45, 7) is 3.84. The van der Waals surface area contributed by atoms with Crippen LogP contribution in [0.25, 0.3) is 0 Å². The number of nitrogens with zero attached hydrogens (tertiary/aromatic N) is 2. The van der Waals surface area contributed by atoms with E-state index in [4.69, 9.17) is 5.11 Å². The van der Waals surface area contributed by atoms with Crippen molar-refractivity contribution in [2.24, 2.45) is 5.92 Å². The molecule has 1 aromatic rings. The Balaban J connectivity index is 2.04. The van der Waals surface area contributed by atoms with Crippen LogP contribution in [0.2, 0.25) is 0 Å². The fourth-order valence-electron chi connectivity index (χ4n) is 2.46. The van der Waals surface area contributed by atoms with E-state index in [9.17, 15) is 4.79 Å². The number of aliphatic hydroxyl groups is 1. The normalized spacial score (nSPS) is 18.8. The molecule has 0 saturated heterocycles. The van der Waals surface area contributed by atoms with E-state index in [2.05, 4.69) is 15.3 Å². The van der Waals surface area contributed by atoms with E-state index in [0.29, 0.717) is 11.6 Å². The Morgan fingerprint density at radius 1 is 1.45 bits per heavy atom. The highest BCUT2D eigenvalue weighted by Crippen LogP contribution is 2.31. The zero-order valence-corrected chi connectivity index (χ0v) is 12.2. The maximum absolute atomic E-state index is 12.2. The molecular formula is C15H23N3O2. The van der Waals surface area contributed by atoms with Gasteiger partial charge in [-0.25, -0.2) is 9.97 Å². The van der Waals surface area contributed by atoms with Crippen LogP contribution >= 0.6 is 0 Å². The van der Waals surface area contributed by atoms with Crippen LogP contribution in [0.3, 0.4) is 0 Å². The Labute approximate surface area is 119 Å². The van der Waals surface area contributed by atoms with Gasteiger partial charge in [-0.15, -0.1) is 0 Å². The van der Waals surface area contributed by atoms with Crippen molar-refractivity contribution >= 4 is 5.91 Å². The van der Waals surface area contributed by atoms with Gasteiger partial charge in [0.25, 0.3) is 5.91 Å². The Bertz CT molecular complexity index is 458. The maximum atomic E-state index is 12.2. The third-order valence-corrected chi connectivity index (χ3v) is 4.13. The standard InChI is InChI=1S/C15H23N3O2/c1-10(9-19)11(2)17-15(20)13-7-8-16-14(18-13)12-5-3-4-6-12/h7-8,10-12,19H,3-6,9H2,1-2H3,(H,17,20). The van der Waals surface area contributed by atoms with E-state index in [1.807, 2.05) is 13.8 Å². The molecule has 2 atom stereocenters. The minimum atomic E-state index is -0.195. The van der Waals surface area contributed by atoms with E-state index >= 15 is 0 Å². The van der Waals surface area contributed by atoms with Crippen molar-refractivity contribution < 1.29 is 9.90 Å². The molecule has 20 heavy (non-hydrogen) atoms. The van der Waals surface area contributed by atoms with Crippen molar-refractivity contribution in [2.45, 2.75) is 51.5 Å². The van der Waals surface area contributed by atoms with Crippen LogP contribution in [0, 0.1) is 5.92 Å². The van der Waals surface area contributed by atoms with Crippen LogP contribution < -0.4 is 5.32 Å². The number of aliphatic hydroxyl groups excluding tert-OH is 1. The molecule has 1 aliphatic carbocycles. The van der Waals surface area contributed by atoms with E-state index in [0.717, 1.165) is 18.7 Å². The zero-order chi connectivity index (χ0) is 14.5. The molecule has 2 rings (SSSR count). The molecule has 110 valence electrons. The molecule has 1 heterocycles. The molecule has 0 aliphatic heterocycles. The number of rotatable bonds is 5.